The fourth-order valence-electron chi connectivity index (χ4n) is 4.42. The van der Waals surface area contributed by atoms with Crippen molar-refractivity contribution in [3.05, 3.63) is 29.8 Å². The summed E-state index contributed by atoms with van der Waals surface area (Å²) in [6, 6.07) is 7.96. The molecule has 0 amide bonds. The Hall–Kier alpha value is -1.02. The molecule has 0 heterocycles. The molecule has 1 N–H and O–H groups in total. The smallest absolute Gasteiger partial charge is 0.115 e. The van der Waals surface area contributed by atoms with E-state index in [-0.39, 0.29) is 0 Å². The summed E-state index contributed by atoms with van der Waals surface area (Å²) in [4.78, 5) is 2.33. The molecule has 2 heteroatoms. The molecule has 1 aromatic rings. The zero-order valence-electron chi connectivity index (χ0n) is 12.0. The van der Waals surface area contributed by atoms with Crippen molar-refractivity contribution in [3.8, 4) is 5.75 Å². The van der Waals surface area contributed by atoms with E-state index >= 15 is 0 Å². The SMILES string of the molecule is CN(C)C[C@H]1[C@H]2CC[C@H](C2)C[C@H]1c1cccc(O)c1. The molecule has 0 saturated heterocycles. The van der Waals surface area contributed by atoms with Gasteiger partial charge in [-0.15, -0.1) is 0 Å². The molecular weight excluding hydrogens is 234 g/mol. The molecule has 2 aliphatic carbocycles. The number of benzene rings is 1. The molecule has 0 radical (unpaired) electrons. The molecule has 2 bridgehead atoms. The average Bonchev–Trinajstić information content (AvgIpc) is 2.75. The number of hydrogen-bond donors (Lipinski definition) is 1. The first-order chi connectivity index (χ1) is 9.13. The van der Waals surface area contributed by atoms with Gasteiger partial charge in [0.05, 0.1) is 0 Å². The molecule has 2 nitrogen and oxygen atoms in total. The van der Waals surface area contributed by atoms with Crippen molar-refractivity contribution in [3.63, 3.8) is 0 Å². The number of aromatic hydroxyl groups is 1. The second-order valence-electron chi connectivity index (χ2n) is 6.80. The third-order valence-corrected chi connectivity index (χ3v) is 5.17. The molecule has 0 aromatic heterocycles. The third-order valence-electron chi connectivity index (χ3n) is 5.17. The number of hydrogen-bond acceptors (Lipinski definition) is 2. The predicted molar refractivity (Wildman–Crippen MR) is 78.3 cm³/mol. The van der Waals surface area contributed by atoms with Crippen LogP contribution in [-0.2, 0) is 0 Å². The standard InChI is InChI=1S/C17H25NO/c1-18(2)11-17-14-7-6-12(8-14)9-16(17)13-4-3-5-15(19)10-13/h3-5,10,12,14,16-17,19H,6-9,11H2,1-2H3/t12-,14+,16+,17+/m1/s1. The van der Waals surface area contributed by atoms with Crippen LogP contribution in [0.5, 0.6) is 5.75 Å². The highest BCUT2D eigenvalue weighted by molar-refractivity contribution is 5.31. The van der Waals surface area contributed by atoms with Gasteiger partial charge < -0.3 is 10.0 Å². The summed E-state index contributed by atoms with van der Waals surface area (Å²) in [6.07, 6.45) is 5.59. The number of phenolic OH excluding ortho intramolecular Hbond substituents is 1. The van der Waals surface area contributed by atoms with E-state index in [0.29, 0.717) is 11.7 Å². The second kappa shape index (κ2) is 5.16. The van der Waals surface area contributed by atoms with Crippen LogP contribution in [0.25, 0.3) is 0 Å². The Morgan fingerprint density at radius 2 is 2.05 bits per heavy atom. The van der Waals surface area contributed by atoms with Crippen molar-refractivity contribution in [1.82, 2.24) is 4.90 Å². The molecule has 0 spiro atoms. The van der Waals surface area contributed by atoms with E-state index in [1.54, 1.807) is 6.07 Å². The maximum absolute atomic E-state index is 9.75. The van der Waals surface area contributed by atoms with Gasteiger partial charge in [0.1, 0.15) is 5.75 Å². The quantitative estimate of drug-likeness (QED) is 0.898. The molecule has 2 saturated carbocycles. The van der Waals surface area contributed by atoms with Crippen LogP contribution in [0.2, 0.25) is 0 Å². The van der Waals surface area contributed by atoms with Crippen molar-refractivity contribution < 1.29 is 5.11 Å². The summed E-state index contributed by atoms with van der Waals surface area (Å²) in [5.74, 6) is 3.64. The Morgan fingerprint density at radius 3 is 2.79 bits per heavy atom. The Balaban J connectivity index is 1.88. The first-order valence-electron chi connectivity index (χ1n) is 7.57. The number of fused-ring (bicyclic) bond motifs is 2. The van der Waals surface area contributed by atoms with Crippen LogP contribution in [0.4, 0.5) is 0 Å². The van der Waals surface area contributed by atoms with E-state index in [0.717, 1.165) is 17.8 Å². The normalized spacial score (nSPS) is 33.8. The van der Waals surface area contributed by atoms with Crippen LogP contribution in [0.15, 0.2) is 24.3 Å². The topological polar surface area (TPSA) is 23.5 Å². The predicted octanol–water partition coefficient (Wildman–Crippen LogP) is 3.47. The first-order valence-corrected chi connectivity index (χ1v) is 7.57. The molecule has 2 fully saturated rings. The van der Waals surface area contributed by atoms with Crippen molar-refractivity contribution in [2.24, 2.45) is 17.8 Å². The van der Waals surface area contributed by atoms with E-state index in [1.165, 1.54) is 37.8 Å². The molecule has 1 aromatic carbocycles. The Labute approximate surface area is 116 Å². The fraction of sp³-hybridized carbons (Fsp3) is 0.647. The average molecular weight is 259 g/mol. The number of rotatable bonds is 3. The molecule has 3 rings (SSSR count). The minimum atomic E-state index is 0.416. The van der Waals surface area contributed by atoms with Crippen molar-refractivity contribution >= 4 is 0 Å². The van der Waals surface area contributed by atoms with Gasteiger partial charge in [-0.3, -0.25) is 0 Å². The van der Waals surface area contributed by atoms with Crippen molar-refractivity contribution in [1.29, 1.82) is 0 Å². The molecule has 0 aliphatic heterocycles. The van der Waals surface area contributed by atoms with Gasteiger partial charge in [-0.1, -0.05) is 18.6 Å². The minimum absolute atomic E-state index is 0.416. The van der Waals surface area contributed by atoms with Crippen LogP contribution in [0.3, 0.4) is 0 Å². The van der Waals surface area contributed by atoms with E-state index < -0.39 is 0 Å². The van der Waals surface area contributed by atoms with Crippen molar-refractivity contribution in [2.45, 2.75) is 31.6 Å². The zero-order chi connectivity index (χ0) is 13.4. The largest absolute Gasteiger partial charge is 0.508 e. The van der Waals surface area contributed by atoms with E-state index in [1.807, 2.05) is 12.1 Å². The van der Waals surface area contributed by atoms with E-state index in [4.69, 9.17) is 0 Å². The summed E-state index contributed by atoms with van der Waals surface area (Å²) < 4.78 is 0. The Bertz CT molecular complexity index is 443. The maximum Gasteiger partial charge on any atom is 0.115 e. The minimum Gasteiger partial charge on any atom is -0.508 e. The molecule has 19 heavy (non-hydrogen) atoms. The molecule has 2 aliphatic rings. The highest BCUT2D eigenvalue weighted by atomic mass is 16.3. The first kappa shape index (κ1) is 13.0. The lowest BCUT2D eigenvalue weighted by Gasteiger charge is -2.38. The molecular formula is C17H25NO. The lowest BCUT2D eigenvalue weighted by atomic mass is 9.69. The highest BCUT2D eigenvalue weighted by Gasteiger charge is 2.42. The number of phenols is 1. The fourth-order valence-corrected chi connectivity index (χ4v) is 4.42. The monoisotopic (exact) mass is 259 g/mol. The van der Waals surface area contributed by atoms with Gasteiger partial charge in [-0.05, 0) is 74.7 Å². The molecule has 104 valence electrons. The second-order valence-corrected chi connectivity index (χ2v) is 6.80. The summed E-state index contributed by atoms with van der Waals surface area (Å²) in [5.41, 5.74) is 1.35. The third kappa shape index (κ3) is 2.64. The van der Waals surface area contributed by atoms with Crippen LogP contribution in [0, 0.1) is 17.8 Å². The molecule has 4 atom stereocenters. The molecule has 0 unspecified atom stereocenters. The van der Waals surface area contributed by atoms with Gasteiger partial charge in [-0.25, -0.2) is 0 Å². The van der Waals surface area contributed by atoms with E-state index in [2.05, 4.69) is 25.1 Å². The van der Waals surface area contributed by atoms with Crippen LogP contribution in [0.1, 0.15) is 37.2 Å². The van der Waals surface area contributed by atoms with Gasteiger partial charge in [0.25, 0.3) is 0 Å². The summed E-state index contributed by atoms with van der Waals surface area (Å²) >= 11 is 0. The van der Waals surface area contributed by atoms with Crippen molar-refractivity contribution in [2.75, 3.05) is 20.6 Å². The highest BCUT2D eigenvalue weighted by Crippen LogP contribution is 2.52. The van der Waals surface area contributed by atoms with Crippen LogP contribution in [-0.4, -0.2) is 30.6 Å². The Morgan fingerprint density at radius 1 is 1.21 bits per heavy atom. The van der Waals surface area contributed by atoms with Gasteiger partial charge in [0.15, 0.2) is 0 Å². The van der Waals surface area contributed by atoms with Gasteiger partial charge in [0, 0.05) is 6.54 Å². The Kier molecular flexibility index (Phi) is 3.53. The van der Waals surface area contributed by atoms with Crippen LogP contribution < -0.4 is 0 Å². The van der Waals surface area contributed by atoms with Gasteiger partial charge in [-0.2, -0.15) is 0 Å². The summed E-state index contributed by atoms with van der Waals surface area (Å²) in [5, 5.41) is 9.75. The number of nitrogens with zero attached hydrogens (tertiary/aromatic N) is 1. The zero-order valence-corrected chi connectivity index (χ0v) is 12.0. The lowest BCUT2D eigenvalue weighted by Crippen LogP contribution is -2.34. The maximum atomic E-state index is 9.75. The van der Waals surface area contributed by atoms with Gasteiger partial charge >= 0.3 is 0 Å². The lowest BCUT2D eigenvalue weighted by molar-refractivity contribution is 0.165. The van der Waals surface area contributed by atoms with Gasteiger partial charge in [0.2, 0.25) is 0 Å². The summed E-state index contributed by atoms with van der Waals surface area (Å²) in [7, 11) is 4.36. The van der Waals surface area contributed by atoms with Crippen LogP contribution >= 0.6 is 0 Å². The summed E-state index contributed by atoms with van der Waals surface area (Å²) in [6.45, 7) is 1.18. The van der Waals surface area contributed by atoms with E-state index in [9.17, 15) is 5.11 Å².